The number of carbonyl (C=O) groups excluding carboxylic acids is 3. The number of hydrogen-bond acceptors (Lipinski definition) is 10. The van der Waals surface area contributed by atoms with Gasteiger partial charge in [-0.2, -0.15) is 10.4 Å². The average molecular weight is 779 g/mol. The molecule has 3 aliphatic heterocycles. The summed E-state index contributed by atoms with van der Waals surface area (Å²) in [6.07, 6.45) is 12.5. The van der Waals surface area contributed by atoms with Gasteiger partial charge >= 0.3 is 6.03 Å². The molecule has 15 heteroatoms. The Labute approximate surface area is 330 Å². The summed E-state index contributed by atoms with van der Waals surface area (Å²) in [5, 5.41) is 37.5. The van der Waals surface area contributed by atoms with Crippen molar-refractivity contribution in [3.05, 3.63) is 71.0 Å². The Hall–Kier alpha value is -5.26. The van der Waals surface area contributed by atoms with E-state index in [0.717, 1.165) is 80.8 Å². The number of aromatic hydroxyl groups is 1. The third-order valence-electron chi connectivity index (χ3n) is 12.4. The molecule has 5 aliphatic rings. The van der Waals surface area contributed by atoms with Crippen LogP contribution in [-0.4, -0.2) is 93.1 Å². The van der Waals surface area contributed by atoms with Crippen molar-refractivity contribution in [2.45, 2.75) is 76.3 Å². The van der Waals surface area contributed by atoms with Crippen LogP contribution in [0.1, 0.15) is 86.3 Å². The quantitative estimate of drug-likeness (QED) is 0.208. The van der Waals surface area contributed by atoms with E-state index in [2.05, 4.69) is 41.4 Å². The first kappa shape index (κ1) is 37.7. The first-order valence-corrected chi connectivity index (χ1v) is 20.2. The number of nitriles is 1. The lowest BCUT2D eigenvalue weighted by atomic mass is 9.55. The Morgan fingerprint density at radius 1 is 1.00 bits per heavy atom. The lowest BCUT2D eigenvalue weighted by molar-refractivity contribution is -0.120. The zero-order valence-corrected chi connectivity index (χ0v) is 32.1. The number of benzene rings is 2. The SMILES string of the molecule is N#Cc1ccc(O)cc1Cl.O=C1CCN(c2cccc3c2cnn3C2CCN(CC3CCC34CN(c3ccc(C(=O)NC5CCCCC5)nn3)C4)CC2)C(=O)N1. The minimum absolute atomic E-state index is 0.0731. The Bertz CT molecular complexity index is 2130. The monoisotopic (exact) mass is 778 g/mol. The maximum Gasteiger partial charge on any atom is 0.328 e. The van der Waals surface area contributed by atoms with E-state index in [1.807, 2.05) is 36.5 Å². The molecule has 1 atom stereocenters. The van der Waals surface area contributed by atoms with E-state index in [4.69, 9.17) is 27.1 Å². The van der Waals surface area contributed by atoms with Gasteiger partial charge in [0.1, 0.15) is 11.8 Å². The van der Waals surface area contributed by atoms with E-state index in [1.165, 1.54) is 50.3 Å². The molecule has 2 aliphatic carbocycles. The average Bonchev–Trinajstić information content (AvgIpc) is 3.62. The summed E-state index contributed by atoms with van der Waals surface area (Å²) in [6.45, 7) is 5.65. The molecule has 0 bridgehead atoms. The molecule has 292 valence electrons. The third kappa shape index (κ3) is 7.75. The summed E-state index contributed by atoms with van der Waals surface area (Å²) in [5.41, 5.74) is 2.99. The van der Waals surface area contributed by atoms with Gasteiger partial charge in [0.05, 0.1) is 34.0 Å². The number of rotatable bonds is 7. The fraction of sp³-hybridized carbons (Fsp3) is 0.488. The molecule has 3 N–H and O–H groups in total. The van der Waals surface area contributed by atoms with Crippen molar-refractivity contribution in [2.75, 3.05) is 49.1 Å². The number of piperidine rings is 1. The largest absolute Gasteiger partial charge is 0.508 e. The second-order valence-corrected chi connectivity index (χ2v) is 16.3. The lowest BCUT2D eigenvalue weighted by Gasteiger charge is -2.62. The van der Waals surface area contributed by atoms with Crippen molar-refractivity contribution in [3.63, 3.8) is 0 Å². The van der Waals surface area contributed by atoms with Gasteiger partial charge in [0.15, 0.2) is 11.5 Å². The highest BCUT2D eigenvalue weighted by atomic mass is 35.5. The number of halogens is 1. The van der Waals surface area contributed by atoms with Gasteiger partial charge in [-0.3, -0.25) is 24.5 Å². The van der Waals surface area contributed by atoms with Gasteiger partial charge in [0.25, 0.3) is 5.91 Å². The molecule has 2 aromatic heterocycles. The van der Waals surface area contributed by atoms with Crippen molar-refractivity contribution >= 4 is 51.9 Å². The smallest absolute Gasteiger partial charge is 0.328 e. The topological polar surface area (TPSA) is 173 Å². The van der Waals surface area contributed by atoms with Crippen LogP contribution in [0.5, 0.6) is 5.75 Å². The minimum atomic E-state index is -0.368. The van der Waals surface area contributed by atoms with Gasteiger partial charge in [-0.05, 0) is 86.9 Å². The molecule has 5 heterocycles. The minimum Gasteiger partial charge on any atom is -0.508 e. The Balaban J connectivity index is 0.000000386. The summed E-state index contributed by atoms with van der Waals surface area (Å²) in [5.74, 6) is 1.31. The first-order valence-electron chi connectivity index (χ1n) is 19.8. The van der Waals surface area contributed by atoms with Crippen molar-refractivity contribution < 1.29 is 19.5 Å². The molecule has 3 saturated heterocycles. The highest BCUT2D eigenvalue weighted by molar-refractivity contribution is 6.31. The number of fused-ring (bicyclic) bond motifs is 1. The molecule has 2 saturated carbocycles. The zero-order chi connectivity index (χ0) is 38.8. The van der Waals surface area contributed by atoms with Crippen LogP contribution in [0, 0.1) is 22.7 Å². The molecular formula is C41H47ClN10O4. The summed E-state index contributed by atoms with van der Waals surface area (Å²) < 4.78 is 2.14. The van der Waals surface area contributed by atoms with E-state index < -0.39 is 0 Å². The van der Waals surface area contributed by atoms with Crippen molar-refractivity contribution in [3.8, 4) is 11.8 Å². The van der Waals surface area contributed by atoms with Crippen LogP contribution in [-0.2, 0) is 4.79 Å². The van der Waals surface area contributed by atoms with E-state index in [1.54, 1.807) is 4.90 Å². The second kappa shape index (κ2) is 16.1. The predicted octanol–water partition coefficient (Wildman–Crippen LogP) is 5.81. The van der Waals surface area contributed by atoms with Gasteiger partial charge in [-0.25, -0.2) is 4.79 Å². The van der Waals surface area contributed by atoms with E-state index in [9.17, 15) is 14.4 Å². The molecule has 1 spiro atoms. The highest BCUT2D eigenvalue weighted by Gasteiger charge is 2.55. The molecule has 9 rings (SSSR count). The van der Waals surface area contributed by atoms with E-state index in [0.29, 0.717) is 41.6 Å². The summed E-state index contributed by atoms with van der Waals surface area (Å²) in [6, 6.07) is 16.1. The van der Waals surface area contributed by atoms with Gasteiger partial charge in [0, 0.05) is 62.5 Å². The number of aromatic nitrogens is 4. The maximum atomic E-state index is 12.6. The molecule has 56 heavy (non-hydrogen) atoms. The highest BCUT2D eigenvalue weighted by Crippen LogP contribution is 2.54. The number of anilines is 2. The zero-order valence-electron chi connectivity index (χ0n) is 31.4. The van der Waals surface area contributed by atoms with Gasteiger partial charge in [-0.1, -0.05) is 36.9 Å². The van der Waals surface area contributed by atoms with Crippen LogP contribution in [0.4, 0.5) is 16.3 Å². The normalized spacial score (nSPS) is 21.4. The number of nitrogens with zero attached hydrogens (tertiary/aromatic N) is 8. The molecule has 5 fully saturated rings. The number of amides is 4. The standard InChI is InChI=1S/C34H43N9O3.C7H4ClNO/c44-31-14-18-42(33(46)37-31)28-7-4-8-29-26(28)19-35-43(29)25-12-16-40(17-13-25)20-23-11-15-34(23)21-41(22-34)30-10-9-27(38-39-30)32(45)36-24-5-2-1-3-6-24;8-7-3-6(10)2-1-5(7)4-9/h4,7-10,19,23-25H,1-3,5-6,11-18,20-22H2,(H,36,45)(H,37,44,46);1-3,10H. The molecule has 2 aromatic carbocycles. The summed E-state index contributed by atoms with van der Waals surface area (Å²) in [4.78, 5) is 43.4. The van der Waals surface area contributed by atoms with E-state index in [-0.39, 0.29) is 34.7 Å². The molecule has 4 aromatic rings. The second-order valence-electron chi connectivity index (χ2n) is 15.9. The number of likely N-dealkylation sites (tertiary alicyclic amines) is 1. The number of imide groups is 1. The number of carbonyl (C=O) groups is 3. The fourth-order valence-corrected chi connectivity index (χ4v) is 9.30. The van der Waals surface area contributed by atoms with Crippen LogP contribution < -0.4 is 20.4 Å². The number of hydrogen-bond donors (Lipinski definition) is 3. The molecule has 0 radical (unpaired) electrons. The van der Waals surface area contributed by atoms with Gasteiger partial charge in [0.2, 0.25) is 5.91 Å². The summed E-state index contributed by atoms with van der Waals surface area (Å²) in [7, 11) is 0. The Morgan fingerprint density at radius 3 is 2.48 bits per heavy atom. The van der Waals surface area contributed by atoms with Crippen LogP contribution in [0.25, 0.3) is 10.9 Å². The molecule has 14 nitrogen and oxygen atoms in total. The molecule has 4 amide bonds. The third-order valence-corrected chi connectivity index (χ3v) is 12.7. The number of nitrogens with one attached hydrogen (secondary N) is 2. The first-order chi connectivity index (χ1) is 27.2. The van der Waals surface area contributed by atoms with Gasteiger partial charge in [-0.15, -0.1) is 10.2 Å². The number of urea groups is 1. The number of phenols is 1. The summed E-state index contributed by atoms with van der Waals surface area (Å²) >= 11 is 5.55. The predicted molar refractivity (Wildman–Crippen MR) is 212 cm³/mol. The molecule has 1 unspecified atom stereocenters. The number of phenolic OH excluding ortho intramolecular Hbond substituents is 1. The van der Waals surface area contributed by atoms with Crippen LogP contribution in [0.2, 0.25) is 5.02 Å². The fourth-order valence-electron chi connectivity index (χ4n) is 9.08. The van der Waals surface area contributed by atoms with Gasteiger partial charge < -0.3 is 20.2 Å². The Kier molecular flexibility index (Phi) is 10.8. The van der Waals surface area contributed by atoms with Crippen LogP contribution in [0.15, 0.2) is 54.7 Å². The van der Waals surface area contributed by atoms with Crippen molar-refractivity contribution in [1.29, 1.82) is 5.26 Å². The van der Waals surface area contributed by atoms with Crippen molar-refractivity contribution in [1.82, 2.24) is 35.5 Å². The Morgan fingerprint density at radius 2 is 1.80 bits per heavy atom. The van der Waals surface area contributed by atoms with E-state index >= 15 is 0 Å². The van der Waals surface area contributed by atoms with Crippen molar-refractivity contribution in [2.24, 2.45) is 11.3 Å². The molecular weight excluding hydrogens is 732 g/mol. The lowest BCUT2D eigenvalue weighted by Crippen LogP contribution is -2.66. The van der Waals surface area contributed by atoms with Crippen LogP contribution >= 0.6 is 11.6 Å². The van der Waals surface area contributed by atoms with Crippen LogP contribution in [0.3, 0.4) is 0 Å². The maximum absolute atomic E-state index is 12.6.